The number of aromatic nitrogens is 4. The van der Waals surface area contributed by atoms with Crippen LogP contribution in [0.3, 0.4) is 0 Å². The number of ether oxygens (including phenoxy) is 1. The van der Waals surface area contributed by atoms with Crippen molar-refractivity contribution in [3.8, 4) is 0 Å². The Bertz CT molecular complexity index is 1270. The molecule has 0 radical (unpaired) electrons. The summed E-state index contributed by atoms with van der Waals surface area (Å²) in [5, 5.41) is 2.73. The molecule has 10 heteroatoms. The molecule has 4 aromatic rings. The van der Waals surface area contributed by atoms with Gasteiger partial charge < -0.3 is 14.6 Å². The summed E-state index contributed by atoms with van der Waals surface area (Å²) in [6.07, 6.45) is 4.21. The van der Waals surface area contributed by atoms with E-state index in [0.717, 1.165) is 4.57 Å². The Morgan fingerprint density at radius 2 is 1.97 bits per heavy atom. The Balaban J connectivity index is 1.44. The SMILES string of the molecule is CC(OC(=O)c1cccc(NC(=O)CCn2ccnc2)c1)c1nc2ccccc2n1C(F)F. The quantitative estimate of drug-likeness (QED) is 0.395. The van der Waals surface area contributed by atoms with E-state index in [-0.39, 0.29) is 29.2 Å². The van der Waals surface area contributed by atoms with Gasteiger partial charge in [0.05, 0.1) is 22.9 Å². The molecule has 1 N–H and O–H groups in total. The van der Waals surface area contributed by atoms with Crippen LogP contribution in [0.5, 0.6) is 0 Å². The third kappa shape index (κ3) is 5.05. The Labute approximate surface area is 187 Å². The second kappa shape index (κ2) is 9.60. The van der Waals surface area contributed by atoms with Gasteiger partial charge in [-0.05, 0) is 37.3 Å². The molecule has 1 unspecified atom stereocenters. The van der Waals surface area contributed by atoms with Crippen molar-refractivity contribution in [3.05, 3.63) is 78.6 Å². The molecule has 2 aromatic heterocycles. The zero-order valence-corrected chi connectivity index (χ0v) is 17.7. The lowest BCUT2D eigenvalue weighted by Crippen LogP contribution is -2.16. The van der Waals surface area contributed by atoms with Crippen LogP contribution in [-0.2, 0) is 16.1 Å². The largest absolute Gasteiger partial charge is 0.451 e. The van der Waals surface area contributed by atoms with E-state index in [1.807, 2.05) is 0 Å². The van der Waals surface area contributed by atoms with Gasteiger partial charge in [0.1, 0.15) is 0 Å². The lowest BCUT2D eigenvalue weighted by Gasteiger charge is -2.15. The first-order chi connectivity index (χ1) is 15.9. The second-order valence-electron chi connectivity index (χ2n) is 7.33. The average molecular weight is 453 g/mol. The summed E-state index contributed by atoms with van der Waals surface area (Å²) in [5.74, 6) is -0.998. The number of amides is 1. The number of benzene rings is 2. The molecule has 0 saturated carbocycles. The van der Waals surface area contributed by atoms with E-state index < -0.39 is 18.6 Å². The summed E-state index contributed by atoms with van der Waals surface area (Å²) in [7, 11) is 0. The van der Waals surface area contributed by atoms with Crippen molar-refractivity contribution in [1.82, 2.24) is 19.1 Å². The van der Waals surface area contributed by atoms with Gasteiger partial charge in [0, 0.05) is 31.0 Å². The fraction of sp³-hybridized carbons (Fsp3) is 0.217. The minimum absolute atomic E-state index is 0.0523. The van der Waals surface area contributed by atoms with Gasteiger partial charge in [0.25, 0.3) is 0 Å². The number of aryl methyl sites for hydroxylation is 1. The van der Waals surface area contributed by atoms with Gasteiger partial charge in [0.2, 0.25) is 5.91 Å². The highest BCUT2D eigenvalue weighted by Gasteiger charge is 2.24. The molecule has 170 valence electrons. The summed E-state index contributed by atoms with van der Waals surface area (Å²) in [5.41, 5.74) is 1.24. The van der Waals surface area contributed by atoms with Gasteiger partial charge in [-0.15, -0.1) is 0 Å². The first kappa shape index (κ1) is 22.1. The predicted molar refractivity (Wildman–Crippen MR) is 117 cm³/mol. The van der Waals surface area contributed by atoms with Crippen molar-refractivity contribution in [3.63, 3.8) is 0 Å². The molecule has 2 aromatic carbocycles. The molecule has 33 heavy (non-hydrogen) atoms. The van der Waals surface area contributed by atoms with Crippen LogP contribution >= 0.6 is 0 Å². The highest BCUT2D eigenvalue weighted by molar-refractivity contribution is 5.94. The monoisotopic (exact) mass is 453 g/mol. The second-order valence-corrected chi connectivity index (χ2v) is 7.33. The molecule has 0 aliphatic carbocycles. The maximum absolute atomic E-state index is 13.7. The summed E-state index contributed by atoms with van der Waals surface area (Å²) < 4.78 is 35.3. The number of para-hydroxylation sites is 2. The van der Waals surface area contributed by atoms with Crippen molar-refractivity contribution in [1.29, 1.82) is 0 Å². The van der Waals surface area contributed by atoms with Crippen molar-refractivity contribution < 1.29 is 23.1 Å². The first-order valence-electron chi connectivity index (χ1n) is 10.2. The summed E-state index contributed by atoms with van der Waals surface area (Å²) >= 11 is 0. The molecular formula is C23H21F2N5O3. The van der Waals surface area contributed by atoms with Crippen molar-refractivity contribution in [2.75, 3.05) is 5.32 Å². The predicted octanol–water partition coefficient (Wildman–Crippen LogP) is 4.57. The Hall–Kier alpha value is -4.08. The number of nitrogens with one attached hydrogen (secondary N) is 1. The van der Waals surface area contributed by atoms with Gasteiger partial charge in [-0.25, -0.2) is 14.8 Å². The van der Waals surface area contributed by atoms with Crippen molar-refractivity contribution >= 4 is 28.6 Å². The van der Waals surface area contributed by atoms with Crippen LogP contribution in [0.2, 0.25) is 0 Å². The number of rotatable bonds is 8. The number of hydrogen-bond donors (Lipinski definition) is 1. The normalized spacial score (nSPS) is 12.1. The number of nitrogens with zero attached hydrogens (tertiary/aromatic N) is 4. The molecule has 0 saturated heterocycles. The maximum Gasteiger partial charge on any atom is 0.338 e. The lowest BCUT2D eigenvalue weighted by molar-refractivity contribution is -0.116. The molecular weight excluding hydrogens is 432 g/mol. The van der Waals surface area contributed by atoms with Crippen LogP contribution in [-0.4, -0.2) is 31.0 Å². The minimum Gasteiger partial charge on any atom is -0.451 e. The molecule has 2 heterocycles. The van der Waals surface area contributed by atoms with Crippen molar-refractivity contribution in [2.45, 2.75) is 32.5 Å². The van der Waals surface area contributed by atoms with E-state index in [1.165, 1.54) is 25.1 Å². The summed E-state index contributed by atoms with van der Waals surface area (Å²) in [4.78, 5) is 33.0. The number of imidazole rings is 2. The van der Waals surface area contributed by atoms with Gasteiger partial charge in [-0.1, -0.05) is 18.2 Å². The van der Waals surface area contributed by atoms with E-state index in [9.17, 15) is 18.4 Å². The highest BCUT2D eigenvalue weighted by atomic mass is 19.3. The van der Waals surface area contributed by atoms with E-state index in [4.69, 9.17) is 4.74 Å². The number of alkyl halides is 2. The van der Waals surface area contributed by atoms with Crippen LogP contribution in [0, 0.1) is 0 Å². The molecule has 1 amide bonds. The third-order valence-electron chi connectivity index (χ3n) is 5.00. The van der Waals surface area contributed by atoms with Crippen LogP contribution < -0.4 is 5.32 Å². The van der Waals surface area contributed by atoms with Gasteiger partial charge >= 0.3 is 12.5 Å². The lowest BCUT2D eigenvalue weighted by atomic mass is 10.2. The smallest absolute Gasteiger partial charge is 0.338 e. The number of esters is 1. The molecule has 0 fully saturated rings. The zero-order chi connectivity index (χ0) is 23.4. The molecule has 4 rings (SSSR count). The number of fused-ring (bicyclic) bond motifs is 1. The van der Waals surface area contributed by atoms with E-state index >= 15 is 0 Å². The van der Waals surface area contributed by atoms with Gasteiger partial charge in [0.15, 0.2) is 11.9 Å². The average Bonchev–Trinajstić information content (AvgIpc) is 3.45. The fourth-order valence-electron chi connectivity index (χ4n) is 3.43. The van der Waals surface area contributed by atoms with E-state index in [0.29, 0.717) is 17.7 Å². The van der Waals surface area contributed by atoms with Crippen LogP contribution in [0.25, 0.3) is 11.0 Å². The fourth-order valence-corrected chi connectivity index (χ4v) is 3.43. The van der Waals surface area contributed by atoms with E-state index in [2.05, 4.69) is 15.3 Å². The number of carbonyl (C=O) groups is 2. The number of hydrogen-bond acceptors (Lipinski definition) is 5. The number of halogens is 2. The van der Waals surface area contributed by atoms with Crippen LogP contribution in [0.15, 0.2) is 67.3 Å². The molecule has 8 nitrogen and oxygen atoms in total. The van der Waals surface area contributed by atoms with Gasteiger partial charge in [-0.2, -0.15) is 8.78 Å². The molecule has 0 spiro atoms. The minimum atomic E-state index is -2.84. The summed E-state index contributed by atoms with van der Waals surface area (Å²) in [6.45, 7) is -0.884. The highest BCUT2D eigenvalue weighted by Crippen LogP contribution is 2.28. The molecule has 0 aliphatic heterocycles. The summed E-state index contributed by atoms with van der Waals surface area (Å²) in [6, 6.07) is 12.7. The maximum atomic E-state index is 13.7. The van der Waals surface area contributed by atoms with Crippen LogP contribution in [0.4, 0.5) is 14.5 Å². The molecule has 0 bridgehead atoms. The Morgan fingerprint density at radius 1 is 1.15 bits per heavy atom. The first-order valence-corrected chi connectivity index (χ1v) is 10.2. The Kier molecular flexibility index (Phi) is 6.43. The topological polar surface area (TPSA) is 91.0 Å². The Morgan fingerprint density at radius 3 is 2.73 bits per heavy atom. The van der Waals surface area contributed by atoms with Gasteiger partial charge in [-0.3, -0.25) is 9.36 Å². The van der Waals surface area contributed by atoms with E-state index in [1.54, 1.807) is 53.6 Å². The standard InChI is InChI=1S/C23H21F2N5O3/c1-15(21-28-18-7-2-3-8-19(18)30(21)23(24)25)33-22(32)16-5-4-6-17(13-16)27-20(31)9-11-29-12-10-26-14-29/h2-8,10,12-15,23H,9,11H2,1H3,(H,27,31). The van der Waals surface area contributed by atoms with Crippen molar-refractivity contribution in [2.24, 2.45) is 0 Å². The molecule has 1 atom stereocenters. The molecule has 0 aliphatic rings. The zero-order valence-electron chi connectivity index (χ0n) is 17.7. The van der Waals surface area contributed by atoms with Crippen LogP contribution in [0.1, 0.15) is 42.2 Å². The number of anilines is 1. The number of carbonyl (C=O) groups excluding carboxylic acids is 2. The third-order valence-corrected chi connectivity index (χ3v) is 5.00.